The molecule has 0 spiro atoms. The van der Waals surface area contributed by atoms with Crippen LogP contribution in [0.1, 0.15) is 11.3 Å². The van der Waals surface area contributed by atoms with Crippen molar-refractivity contribution in [1.82, 2.24) is 10.3 Å². The van der Waals surface area contributed by atoms with E-state index in [1.807, 2.05) is 54.6 Å². The number of carbonyl (C=O) groups is 1. The van der Waals surface area contributed by atoms with E-state index < -0.39 is 5.97 Å². The zero-order valence-corrected chi connectivity index (χ0v) is 13.0. The number of benzene rings is 2. The number of fused-ring (bicyclic) bond motifs is 1. The third-order valence-electron chi connectivity index (χ3n) is 3.70. The largest absolute Gasteiger partial charge is 0.480 e. The van der Waals surface area contributed by atoms with Crippen LogP contribution < -0.4 is 5.32 Å². The van der Waals surface area contributed by atoms with Crippen molar-refractivity contribution in [2.24, 2.45) is 0 Å². The molecule has 2 aromatic carbocycles. The van der Waals surface area contributed by atoms with E-state index >= 15 is 0 Å². The van der Waals surface area contributed by atoms with Gasteiger partial charge in [0.1, 0.15) is 0 Å². The number of nitrogens with zero attached hydrogens (tertiary/aromatic N) is 1. The molecule has 4 nitrogen and oxygen atoms in total. The SMILES string of the molecule is C#Cc1ccc2nc(CNCC(=O)O)cc(-c3ccccc3)c2c1. The van der Waals surface area contributed by atoms with Crippen molar-refractivity contribution < 1.29 is 9.90 Å². The van der Waals surface area contributed by atoms with Gasteiger partial charge in [0, 0.05) is 17.5 Å². The maximum Gasteiger partial charge on any atom is 0.317 e. The van der Waals surface area contributed by atoms with E-state index in [-0.39, 0.29) is 6.54 Å². The second-order valence-electron chi connectivity index (χ2n) is 5.40. The third kappa shape index (κ3) is 3.43. The van der Waals surface area contributed by atoms with Gasteiger partial charge in [0.25, 0.3) is 0 Å². The summed E-state index contributed by atoms with van der Waals surface area (Å²) in [4.78, 5) is 15.3. The first kappa shape index (κ1) is 15.7. The first-order chi connectivity index (χ1) is 11.7. The van der Waals surface area contributed by atoms with Gasteiger partial charge in [-0.15, -0.1) is 6.42 Å². The normalized spacial score (nSPS) is 10.5. The van der Waals surface area contributed by atoms with Gasteiger partial charge < -0.3 is 10.4 Å². The van der Waals surface area contributed by atoms with Crippen LogP contribution in [0, 0.1) is 12.3 Å². The highest BCUT2D eigenvalue weighted by molar-refractivity contribution is 5.95. The average Bonchev–Trinajstić information content (AvgIpc) is 2.61. The molecule has 4 heteroatoms. The van der Waals surface area contributed by atoms with Crippen LogP contribution in [0.2, 0.25) is 0 Å². The Morgan fingerprint density at radius 3 is 2.67 bits per heavy atom. The number of terminal acetylenes is 1. The van der Waals surface area contributed by atoms with Crippen molar-refractivity contribution in [3.8, 4) is 23.5 Å². The van der Waals surface area contributed by atoms with Crippen LogP contribution in [-0.2, 0) is 11.3 Å². The van der Waals surface area contributed by atoms with Crippen LogP contribution in [0.4, 0.5) is 0 Å². The van der Waals surface area contributed by atoms with Crippen molar-refractivity contribution in [3.63, 3.8) is 0 Å². The number of carboxylic acids is 1. The number of hydrogen-bond acceptors (Lipinski definition) is 3. The molecule has 24 heavy (non-hydrogen) atoms. The van der Waals surface area contributed by atoms with Crippen molar-refractivity contribution in [2.75, 3.05) is 6.54 Å². The first-order valence-corrected chi connectivity index (χ1v) is 7.55. The van der Waals surface area contributed by atoms with Gasteiger partial charge in [-0.1, -0.05) is 36.3 Å². The summed E-state index contributed by atoms with van der Waals surface area (Å²) >= 11 is 0. The summed E-state index contributed by atoms with van der Waals surface area (Å²) in [5, 5.41) is 12.6. The zero-order chi connectivity index (χ0) is 16.9. The second-order valence-corrected chi connectivity index (χ2v) is 5.40. The van der Waals surface area contributed by atoms with Crippen LogP contribution >= 0.6 is 0 Å². The molecule has 3 rings (SSSR count). The lowest BCUT2D eigenvalue weighted by Crippen LogP contribution is -2.22. The standard InChI is InChI=1S/C20H16N2O2/c1-2-14-8-9-19-18(10-14)17(15-6-4-3-5-7-15)11-16(22-19)12-21-13-20(23)24/h1,3-11,21H,12-13H2,(H,23,24). The monoisotopic (exact) mass is 316 g/mol. The lowest BCUT2D eigenvalue weighted by Gasteiger charge is -2.11. The highest BCUT2D eigenvalue weighted by atomic mass is 16.4. The Morgan fingerprint density at radius 1 is 1.17 bits per heavy atom. The van der Waals surface area contributed by atoms with E-state index in [2.05, 4.69) is 16.2 Å². The maximum absolute atomic E-state index is 10.7. The molecular weight excluding hydrogens is 300 g/mol. The third-order valence-corrected chi connectivity index (χ3v) is 3.70. The minimum absolute atomic E-state index is 0.101. The van der Waals surface area contributed by atoms with Gasteiger partial charge in [-0.3, -0.25) is 9.78 Å². The molecular formula is C20H16N2O2. The van der Waals surface area contributed by atoms with Gasteiger partial charge in [0.05, 0.1) is 17.8 Å². The molecule has 1 heterocycles. The van der Waals surface area contributed by atoms with Crippen LogP contribution in [0.3, 0.4) is 0 Å². The van der Waals surface area contributed by atoms with E-state index in [4.69, 9.17) is 11.5 Å². The van der Waals surface area contributed by atoms with Crippen molar-refractivity contribution in [3.05, 3.63) is 65.9 Å². The number of carboxylic acid groups (broad SMARTS) is 1. The topological polar surface area (TPSA) is 62.2 Å². The van der Waals surface area contributed by atoms with Crippen molar-refractivity contribution in [1.29, 1.82) is 0 Å². The lowest BCUT2D eigenvalue weighted by atomic mass is 9.98. The number of aromatic nitrogens is 1. The molecule has 0 saturated carbocycles. The van der Waals surface area contributed by atoms with Gasteiger partial charge in [0.15, 0.2) is 0 Å². The minimum atomic E-state index is -0.891. The summed E-state index contributed by atoms with van der Waals surface area (Å²) in [6.45, 7) is 0.287. The Hall–Kier alpha value is -3.16. The average molecular weight is 316 g/mol. The number of aliphatic carboxylic acids is 1. The van der Waals surface area contributed by atoms with Crippen molar-refractivity contribution >= 4 is 16.9 Å². The minimum Gasteiger partial charge on any atom is -0.480 e. The predicted molar refractivity (Wildman–Crippen MR) is 94.5 cm³/mol. The fourth-order valence-electron chi connectivity index (χ4n) is 2.62. The van der Waals surface area contributed by atoms with Gasteiger partial charge >= 0.3 is 5.97 Å². The highest BCUT2D eigenvalue weighted by Gasteiger charge is 2.09. The summed E-state index contributed by atoms with van der Waals surface area (Å²) in [6, 6.07) is 17.7. The molecule has 0 unspecified atom stereocenters. The highest BCUT2D eigenvalue weighted by Crippen LogP contribution is 2.29. The molecule has 0 radical (unpaired) electrons. The predicted octanol–water partition coefficient (Wildman–Crippen LogP) is 3.06. The Morgan fingerprint density at radius 2 is 1.96 bits per heavy atom. The summed E-state index contributed by atoms with van der Waals surface area (Å²) < 4.78 is 0. The van der Waals surface area contributed by atoms with Crippen molar-refractivity contribution in [2.45, 2.75) is 6.54 Å². The van der Waals surface area contributed by atoms with Gasteiger partial charge in [-0.05, 0) is 35.4 Å². The van der Waals surface area contributed by atoms with E-state index in [1.54, 1.807) is 0 Å². The summed E-state index contributed by atoms with van der Waals surface area (Å²) in [5.74, 6) is 1.76. The molecule has 0 fully saturated rings. The molecule has 3 aromatic rings. The summed E-state index contributed by atoms with van der Waals surface area (Å²) in [6.07, 6.45) is 5.52. The van der Waals surface area contributed by atoms with Gasteiger partial charge in [-0.2, -0.15) is 0 Å². The molecule has 2 N–H and O–H groups in total. The molecule has 0 saturated heterocycles. The number of hydrogen-bond donors (Lipinski definition) is 2. The Balaban J connectivity index is 2.10. The Kier molecular flexibility index (Phi) is 4.55. The number of nitrogens with one attached hydrogen (secondary N) is 1. The van der Waals surface area contributed by atoms with Crippen LogP contribution in [0.15, 0.2) is 54.6 Å². The molecule has 0 aliphatic heterocycles. The van der Waals surface area contributed by atoms with E-state index in [9.17, 15) is 4.79 Å². The summed E-state index contributed by atoms with van der Waals surface area (Å²) in [7, 11) is 0. The molecule has 0 amide bonds. The van der Waals surface area contributed by atoms with Gasteiger partial charge in [0.2, 0.25) is 0 Å². The Labute approximate surface area is 140 Å². The quantitative estimate of drug-likeness (QED) is 0.710. The molecule has 1 aromatic heterocycles. The number of pyridine rings is 1. The van der Waals surface area contributed by atoms with E-state index in [0.29, 0.717) is 6.54 Å². The fourth-order valence-corrected chi connectivity index (χ4v) is 2.62. The second kappa shape index (κ2) is 6.95. The number of rotatable bonds is 5. The lowest BCUT2D eigenvalue weighted by molar-refractivity contribution is -0.135. The molecule has 0 aliphatic carbocycles. The molecule has 0 aliphatic rings. The van der Waals surface area contributed by atoms with E-state index in [1.165, 1.54) is 0 Å². The van der Waals surface area contributed by atoms with Gasteiger partial charge in [-0.25, -0.2) is 0 Å². The van der Waals surface area contributed by atoms with Crippen LogP contribution in [0.5, 0.6) is 0 Å². The first-order valence-electron chi connectivity index (χ1n) is 7.55. The molecule has 0 atom stereocenters. The Bertz CT molecular complexity index is 928. The smallest absolute Gasteiger partial charge is 0.317 e. The van der Waals surface area contributed by atoms with Crippen LogP contribution in [0.25, 0.3) is 22.0 Å². The fraction of sp³-hybridized carbons (Fsp3) is 0.100. The summed E-state index contributed by atoms with van der Waals surface area (Å²) in [5.41, 5.74) is 4.53. The van der Waals surface area contributed by atoms with E-state index in [0.717, 1.165) is 33.3 Å². The maximum atomic E-state index is 10.7. The molecule has 0 bridgehead atoms. The van der Waals surface area contributed by atoms with Crippen LogP contribution in [-0.4, -0.2) is 22.6 Å². The zero-order valence-electron chi connectivity index (χ0n) is 13.0. The molecule has 118 valence electrons.